The predicted molar refractivity (Wildman–Crippen MR) is 131 cm³/mol. The number of pyridine rings is 1. The van der Waals surface area contributed by atoms with E-state index in [1.807, 2.05) is 41.3 Å². The van der Waals surface area contributed by atoms with E-state index in [4.69, 9.17) is 4.74 Å². The highest BCUT2D eigenvalue weighted by Gasteiger charge is 2.17. The van der Waals surface area contributed by atoms with Crippen LogP contribution in [0.4, 0.5) is 5.69 Å². The maximum atomic E-state index is 13.1. The van der Waals surface area contributed by atoms with Gasteiger partial charge in [-0.1, -0.05) is 18.2 Å². The highest BCUT2D eigenvalue weighted by Crippen LogP contribution is 2.22. The third kappa shape index (κ3) is 5.13. The number of morpholine rings is 1. The number of thiophene rings is 1. The van der Waals surface area contributed by atoms with Crippen molar-refractivity contribution in [3.8, 4) is 0 Å². The number of carbonyl (C=O) groups is 1. The summed E-state index contributed by atoms with van der Waals surface area (Å²) in [6.07, 6.45) is 2.72. The molecule has 1 saturated heterocycles. The lowest BCUT2D eigenvalue weighted by Crippen LogP contribution is -2.37. The first kappa shape index (κ1) is 21.8. The molecule has 0 atom stereocenters. The summed E-state index contributed by atoms with van der Waals surface area (Å²) in [5.74, 6) is -0.151. The Kier molecular flexibility index (Phi) is 6.48. The average Bonchev–Trinajstić information content (AvgIpc) is 3.49. The highest BCUT2D eigenvalue weighted by atomic mass is 32.1. The van der Waals surface area contributed by atoms with E-state index in [0.717, 1.165) is 61.7 Å². The zero-order valence-corrected chi connectivity index (χ0v) is 19.5. The number of benzene rings is 1. The monoisotopic (exact) mass is 461 g/mol. The van der Waals surface area contributed by atoms with Crippen molar-refractivity contribution in [2.75, 3.05) is 38.2 Å². The number of nitrogens with one attached hydrogen (secondary N) is 1. The van der Waals surface area contributed by atoms with Gasteiger partial charge in [-0.25, -0.2) is 9.67 Å². The number of fused-ring (bicyclic) bond motifs is 1. The topological polar surface area (TPSA) is 72.3 Å². The molecule has 0 aliphatic carbocycles. The summed E-state index contributed by atoms with van der Waals surface area (Å²) in [6.45, 7) is 7.21. The number of amides is 1. The SMILES string of the molecule is Cc1cc(C(=O)Nc2ccc(CCN3CCOCC3)cc2)c2cnn(Cc3cccs3)c2n1. The first-order valence-electron chi connectivity index (χ1n) is 11.2. The lowest BCUT2D eigenvalue weighted by Gasteiger charge is -2.26. The Morgan fingerprint density at radius 3 is 2.76 bits per heavy atom. The molecule has 0 spiro atoms. The summed E-state index contributed by atoms with van der Waals surface area (Å²) in [5, 5.41) is 10.3. The Morgan fingerprint density at radius 1 is 1.18 bits per heavy atom. The molecule has 33 heavy (non-hydrogen) atoms. The van der Waals surface area contributed by atoms with Crippen LogP contribution in [0.15, 0.2) is 54.0 Å². The number of hydrogen-bond donors (Lipinski definition) is 1. The minimum Gasteiger partial charge on any atom is -0.379 e. The van der Waals surface area contributed by atoms with Gasteiger partial charge in [0.05, 0.1) is 36.9 Å². The van der Waals surface area contributed by atoms with E-state index >= 15 is 0 Å². The first-order valence-corrected chi connectivity index (χ1v) is 12.1. The standard InChI is InChI=1S/C25H27N5O2S/c1-18-15-22(23-16-26-30(24(23)27-18)17-21-3-2-14-33-21)25(31)28-20-6-4-19(5-7-20)8-9-29-10-12-32-13-11-29/h2-7,14-16H,8-13,17H2,1H3,(H,28,31). The van der Waals surface area contributed by atoms with Crippen molar-refractivity contribution in [3.63, 3.8) is 0 Å². The molecule has 8 heteroatoms. The summed E-state index contributed by atoms with van der Waals surface area (Å²) in [6, 6.07) is 14.0. The highest BCUT2D eigenvalue weighted by molar-refractivity contribution is 7.09. The van der Waals surface area contributed by atoms with Gasteiger partial charge in [0.1, 0.15) is 0 Å². The van der Waals surface area contributed by atoms with Crippen molar-refractivity contribution >= 4 is 34.0 Å². The lowest BCUT2D eigenvalue weighted by atomic mass is 10.1. The summed E-state index contributed by atoms with van der Waals surface area (Å²) in [5.41, 5.74) is 4.15. The maximum Gasteiger partial charge on any atom is 0.256 e. The van der Waals surface area contributed by atoms with Crippen molar-refractivity contribution in [3.05, 3.63) is 75.7 Å². The van der Waals surface area contributed by atoms with Gasteiger partial charge in [0.2, 0.25) is 0 Å². The van der Waals surface area contributed by atoms with Crippen molar-refractivity contribution in [1.82, 2.24) is 19.7 Å². The number of aryl methyl sites for hydroxylation is 1. The van der Waals surface area contributed by atoms with Crippen LogP contribution < -0.4 is 5.32 Å². The fourth-order valence-electron chi connectivity index (χ4n) is 4.09. The number of carbonyl (C=O) groups excluding carboxylic acids is 1. The number of nitrogens with zero attached hydrogens (tertiary/aromatic N) is 4. The van der Waals surface area contributed by atoms with Gasteiger partial charge in [-0.15, -0.1) is 11.3 Å². The molecule has 170 valence electrons. The molecule has 4 heterocycles. The number of rotatable bonds is 7. The van der Waals surface area contributed by atoms with Crippen LogP contribution in [-0.2, 0) is 17.7 Å². The Bertz CT molecular complexity index is 1230. The maximum absolute atomic E-state index is 13.1. The van der Waals surface area contributed by atoms with Gasteiger partial charge >= 0.3 is 0 Å². The molecular formula is C25H27N5O2S. The summed E-state index contributed by atoms with van der Waals surface area (Å²) >= 11 is 1.68. The Balaban J connectivity index is 1.28. The number of anilines is 1. The molecule has 4 aromatic rings. The molecule has 0 saturated carbocycles. The van der Waals surface area contributed by atoms with E-state index in [9.17, 15) is 4.79 Å². The molecule has 5 rings (SSSR count). The van der Waals surface area contributed by atoms with Gasteiger partial charge < -0.3 is 10.1 Å². The summed E-state index contributed by atoms with van der Waals surface area (Å²) < 4.78 is 7.26. The van der Waals surface area contributed by atoms with Crippen LogP contribution in [0.2, 0.25) is 0 Å². The Morgan fingerprint density at radius 2 is 2.00 bits per heavy atom. The quantitative estimate of drug-likeness (QED) is 0.451. The second kappa shape index (κ2) is 9.82. The van der Waals surface area contributed by atoms with Crippen molar-refractivity contribution in [1.29, 1.82) is 0 Å². The van der Waals surface area contributed by atoms with Crippen LogP contribution in [-0.4, -0.2) is 58.4 Å². The molecule has 3 aromatic heterocycles. The minimum atomic E-state index is -0.151. The second-order valence-corrected chi connectivity index (χ2v) is 9.32. The van der Waals surface area contributed by atoms with Crippen LogP contribution in [0, 0.1) is 6.92 Å². The molecule has 0 radical (unpaired) electrons. The largest absolute Gasteiger partial charge is 0.379 e. The Labute approximate surface area is 197 Å². The van der Waals surface area contributed by atoms with Gasteiger partial charge in [0.25, 0.3) is 5.91 Å². The molecule has 1 aliphatic heterocycles. The molecule has 1 aliphatic rings. The van der Waals surface area contributed by atoms with Gasteiger partial charge in [-0.05, 0) is 48.6 Å². The van der Waals surface area contributed by atoms with Crippen LogP contribution in [0.3, 0.4) is 0 Å². The van der Waals surface area contributed by atoms with Crippen molar-refractivity contribution in [2.45, 2.75) is 19.9 Å². The van der Waals surface area contributed by atoms with Crippen molar-refractivity contribution < 1.29 is 9.53 Å². The zero-order valence-electron chi connectivity index (χ0n) is 18.7. The number of aromatic nitrogens is 3. The van der Waals surface area contributed by atoms with E-state index in [0.29, 0.717) is 12.1 Å². The molecular weight excluding hydrogens is 434 g/mol. The first-order chi connectivity index (χ1) is 16.2. The molecule has 1 N–H and O–H groups in total. The molecule has 0 bridgehead atoms. The van der Waals surface area contributed by atoms with Crippen LogP contribution in [0.1, 0.15) is 26.5 Å². The third-order valence-electron chi connectivity index (χ3n) is 5.90. The van der Waals surface area contributed by atoms with Gasteiger partial charge in [-0.3, -0.25) is 9.69 Å². The molecule has 1 fully saturated rings. The normalized spacial score (nSPS) is 14.6. The summed E-state index contributed by atoms with van der Waals surface area (Å²) in [7, 11) is 0. The fraction of sp³-hybridized carbons (Fsp3) is 0.320. The van der Waals surface area contributed by atoms with Crippen LogP contribution in [0.5, 0.6) is 0 Å². The van der Waals surface area contributed by atoms with Gasteiger partial charge in [0, 0.05) is 35.9 Å². The van der Waals surface area contributed by atoms with Crippen LogP contribution >= 0.6 is 11.3 Å². The number of hydrogen-bond acceptors (Lipinski definition) is 6. The lowest BCUT2D eigenvalue weighted by molar-refractivity contribution is 0.0384. The minimum absolute atomic E-state index is 0.151. The van der Waals surface area contributed by atoms with Crippen LogP contribution in [0.25, 0.3) is 11.0 Å². The number of ether oxygens (including phenoxy) is 1. The van der Waals surface area contributed by atoms with E-state index in [1.54, 1.807) is 17.5 Å². The molecule has 1 amide bonds. The smallest absolute Gasteiger partial charge is 0.256 e. The van der Waals surface area contributed by atoms with Gasteiger partial charge in [0.15, 0.2) is 5.65 Å². The van der Waals surface area contributed by atoms with E-state index in [1.165, 1.54) is 10.4 Å². The van der Waals surface area contributed by atoms with E-state index in [2.05, 4.69) is 38.5 Å². The predicted octanol–water partition coefficient (Wildman–Crippen LogP) is 3.98. The fourth-order valence-corrected chi connectivity index (χ4v) is 4.78. The zero-order chi connectivity index (χ0) is 22.6. The second-order valence-electron chi connectivity index (χ2n) is 8.29. The van der Waals surface area contributed by atoms with E-state index < -0.39 is 0 Å². The molecule has 7 nitrogen and oxygen atoms in total. The Hall–Kier alpha value is -3.07. The van der Waals surface area contributed by atoms with E-state index in [-0.39, 0.29) is 5.91 Å². The average molecular weight is 462 g/mol. The molecule has 0 unspecified atom stereocenters. The van der Waals surface area contributed by atoms with Crippen molar-refractivity contribution in [2.24, 2.45) is 0 Å². The third-order valence-corrected chi connectivity index (χ3v) is 6.76. The van der Waals surface area contributed by atoms with Gasteiger partial charge in [-0.2, -0.15) is 5.10 Å². The molecule has 1 aromatic carbocycles. The summed E-state index contributed by atoms with van der Waals surface area (Å²) in [4.78, 5) is 21.4.